The molecule has 1 fully saturated rings. The number of carbonyl (C=O) groups is 4. The van der Waals surface area contributed by atoms with Crippen molar-refractivity contribution >= 4 is 29.6 Å². The Bertz CT molecular complexity index is 823. The molecule has 0 saturated carbocycles. The van der Waals surface area contributed by atoms with E-state index in [1.807, 2.05) is 19.1 Å². The van der Waals surface area contributed by atoms with Crippen LogP contribution in [0.5, 0.6) is 0 Å². The molecular formula is C22H30GdN5O7. The number of aliphatic carboxylic acids is 3. The number of rotatable bonds is 7. The van der Waals surface area contributed by atoms with Crippen LogP contribution < -0.4 is 20.6 Å². The number of urea groups is 1. The fourth-order valence-electron chi connectivity index (χ4n) is 3.60. The summed E-state index contributed by atoms with van der Waals surface area (Å²) in [6.07, 6.45) is 0. The maximum atomic E-state index is 12.9. The van der Waals surface area contributed by atoms with Gasteiger partial charge in [0.15, 0.2) is 0 Å². The zero-order chi connectivity index (χ0) is 25.1. The smallest absolute Gasteiger partial charge is 0.549 e. The molecule has 13 heteroatoms. The van der Waals surface area contributed by atoms with Gasteiger partial charge < -0.3 is 39.9 Å². The number of hydrogen-bond donors (Lipinski definition) is 1. The molecule has 1 N–H and O–H groups in total. The number of carboxylic acid groups (broad SMARTS) is 3. The van der Waals surface area contributed by atoms with Crippen molar-refractivity contribution in [1.29, 1.82) is 0 Å². The second-order valence-electron chi connectivity index (χ2n) is 8.23. The van der Waals surface area contributed by atoms with Gasteiger partial charge in [-0.25, -0.2) is 4.79 Å². The van der Waals surface area contributed by atoms with Crippen molar-refractivity contribution in [2.45, 2.75) is 6.92 Å². The Morgan fingerprint density at radius 2 is 1.03 bits per heavy atom. The van der Waals surface area contributed by atoms with E-state index >= 15 is 0 Å². The van der Waals surface area contributed by atoms with Gasteiger partial charge in [0.1, 0.15) is 0 Å². The average molecular weight is 634 g/mol. The third-order valence-corrected chi connectivity index (χ3v) is 5.49. The summed E-state index contributed by atoms with van der Waals surface area (Å²) in [6.45, 7) is 2.43. The number of nitrogens with one attached hydrogen (secondary N) is 1. The van der Waals surface area contributed by atoms with Gasteiger partial charge in [-0.15, -0.1) is 0 Å². The van der Waals surface area contributed by atoms with Crippen molar-refractivity contribution in [2.75, 3.05) is 77.3 Å². The standard InChI is InChI=1S/C22H33N5O7.Gd/c1-17-2-4-18(5-3-17)23-22(34)27-12-10-25(15-20(30)31)8-6-24(14-19(28)29)7-9-26(11-13-27)16-21(32)33;/h2-5H,6-16H2,1H3,(H,23,34)(H,28,29)(H,30,31)(H,32,33);/q;+3/p-3. The molecule has 12 nitrogen and oxygen atoms in total. The van der Waals surface area contributed by atoms with Crippen LogP contribution >= 0.6 is 0 Å². The van der Waals surface area contributed by atoms with E-state index in [0.29, 0.717) is 5.69 Å². The molecule has 1 aliphatic rings. The van der Waals surface area contributed by atoms with Gasteiger partial charge in [-0.3, -0.25) is 14.7 Å². The third kappa shape index (κ3) is 12.6. The minimum Gasteiger partial charge on any atom is -0.549 e. The van der Waals surface area contributed by atoms with E-state index in [4.69, 9.17) is 0 Å². The molecule has 0 aliphatic carbocycles. The van der Waals surface area contributed by atoms with Crippen molar-refractivity contribution in [2.24, 2.45) is 0 Å². The quantitative estimate of drug-likeness (QED) is 0.313. The van der Waals surface area contributed by atoms with Crippen molar-refractivity contribution in [3.8, 4) is 0 Å². The SMILES string of the molecule is Cc1ccc(NC(=O)N2CCN(CC(=O)[O-])CCN(CC(=O)[O-])CCN(CC(=O)[O-])CC2)cc1.[Gd+3]. The topological polar surface area (TPSA) is 162 Å². The summed E-state index contributed by atoms with van der Waals surface area (Å²) in [6, 6.07) is 6.84. The molecule has 1 aromatic carbocycles. The molecule has 2 amide bonds. The predicted octanol–water partition coefficient (Wildman–Crippen LogP) is -4.00. The second kappa shape index (κ2) is 16.0. The summed E-state index contributed by atoms with van der Waals surface area (Å²) in [5.41, 5.74) is 1.63. The Hall–Kier alpha value is -1.90. The monoisotopic (exact) mass is 634 g/mol. The van der Waals surface area contributed by atoms with Gasteiger partial charge in [0.2, 0.25) is 0 Å². The number of carboxylic acids is 3. The first-order valence-corrected chi connectivity index (χ1v) is 11.0. The van der Waals surface area contributed by atoms with E-state index in [2.05, 4.69) is 5.32 Å². The summed E-state index contributed by atoms with van der Waals surface area (Å²) in [7, 11) is 0. The van der Waals surface area contributed by atoms with Crippen molar-refractivity contribution in [3.05, 3.63) is 29.8 Å². The van der Waals surface area contributed by atoms with Crippen LogP contribution in [0.25, 0.3) is 0 Å². The Morgan fingerprint density at radius 3 is 1.37 bits per heavy atom. The molecule has 0 unspecified atom stereocenters. The fourth-order valence-corrected chi connectivity index (χ4v) is 3.60. The second-order valence-corrected chi connectivity index (χ2v) is 8.23. The van der Waals surface area contributed by atoms with Crippen LogP contribution in [0.3, 0.4) is 0 Å². The Balaban J connectivity index is 0.00000612. The molecule has 0 spiro atoms. The molecule has 0 aromatic heterocycles. The number of carbonyl (C=O) groups excluding carboxylic acids is 4. The number of nitrogens with zero attached hydrogens (tertiary/aromatic N) is 4. The molecule has 35 heavy (non-hydrogen) atoms. The van der Waals surface area contributed by atoms with Gasteiger partial charge in [-0.2, -0.15) is 0 Å². The van der Waals surface area contributed by atoms with Crippen LogP contribution in [-0.4, -0.2) is 116 Å². The van der Waals surface area contributed by atoms with Crippen LogP contribution in [-0.2, 0) is 14.4 Å². The zero-order valence-corrected chi connectivity index (χ0v) is 21.9. The largest absolute Gasteiger partial charge is 3.00 e. The number of amides is 2. The normalized spacial score (nSPS) is 16.9. The maximum absolute atomic E-state index is 12.9. The third-order valence-electron chi connectivity index (χ3n) is 5.49. The molecule has 2 rings (SSSR count). The van der Waals surface area contributed by atoms with Gasteiger partial charge in [0.25, 0.3) is 0 Å². The number of anilines is 1. The first-order valence-electron chi connectivity index (χ1n) is 11.0. The molecule has 1 aromatic rings. The van der Waals surface area contributed by atoms with Gasteiger partial charge >= 0.3 is 46.0 Å². The minimum atomic E-state index is -1.29. The van der Waals surface area contributed by atoms with Crippen molar-refractivity contribution in [3.63, 3.8) is 0 Å². The summed E-state index contributed by atoms with van der Waals surface area (Å²) < 4.78 is 0. The zero-order valence-electron chi connectivity index (χ0n) is 19.6. The molecule has 1 radical (unpaired) electrons. The molecule has 1 saturated heterocycles. The molecule has 1 aliphatic heterocycles. The number of hydrogen-bond acceptors (Lipinski definition) is 10. The summed E-state index contributed by atoms with van der Waals surface area (Å²) in [5, 5.41) is 36.3. The van der Waals surface area contributed by atoms with Crippen molar-refractivity contribution < 1.29 is 74.4 Å². The van der Waals surface area contributed by atoms with Gasteiger partial charge in [-0.1, -0.05) is 17.7 Å². The minimum absolute atomic E-state index is 0. The molecule has 1 heterocycles. The first-order chi connectivity index (χ1) is 16.1. The van der Waals surface area contributed by atoms with E-state index in [-0.39, 0.29) is 112 Å². The Labute approximate surface area is 236 Å². The van der Waals surface area contributed by atoms with E-state index in [9.17, 15) is 34.5 Å². The molecule has 0 bridgehead atoms. The van der Waals surface area contributed by atoms with E-state index in [1.165, 1.54) is 4.90 Å². The summed E-state index contributed by atoms with van der Waals surface area (Å²) in [5.74, 6) is -3.85. The van der Waals surface area contributed by atoms with Crippen LogP contribution in [0.2, 0.25) is 0 Å². The predicted molar refractivity (Wildman–Crippen MR) is 116 cm³/mol. The van der Waals surface area contributed by atoms with Gasteiger partial charge in [0, 0.05) is 77.7 Å². The average Bonchev–Trinajstić information content (AvgIpc) is 2.74. The first kappa shape index (κ1) is 31.1. The number of aryl methyl sites for hydroxylation is 1. The van der Waals surface area contributed by atoms with Crippen LogP contribution in [0.15, 0.2) is 24.3 Å². The maximum Gasteiger partial charge on any atom is 3.00 e. The van der Waals surface area contributed by atoms with Gasteiger partial charge in [-0.05, 0) is 19.1 Å². The molecule has 0 atom stereocenters. The molecular weight excluding hydrogens is 604 g/mol. The van der Waals surface area contributed by atoms with E-state index < -0.39 is 23.9 Å². The van der Waals surface area contributed by atoms with E-state index in [0.717, 1.165) is 5.56 Å². The fraction of sp³-hybridized carbons (Fsp3) is 0.545. The number of benzene rings is 1. The van der Waals surface area contributed by atoms with E-state index in [1.54, 1.807) is 26.8 Å². The van der Waals surface area contributed by atoms with Crippen LogP contribution in [0, 0.1) is 46.9 Å². The molecule has 193 valence electrons. The Morgan fingerprint density at radius 1 is 0.686 bits per heavy atom. The Kier molecular flexibility index (Phi) is 14.2. The summed E-state index contributed by atoms with van der Waals surface area (Å²) in [4.78, 5) is 52.6. The van der Waals surface area contributed by atoms with Crippen LogP contribution in [0.4, 0.5) is 10.5 Å². The van der Waals surface area contributed by atoms with Crippen molar-refractivity contribution in [1.82, 2.24) is 19.6 Å². The van der Waals surface area contributed by atoms with Crippen LogP contribution in [0.1, 0.15) is 5.56 Å². The summed E-state index contributed by atoms with van der Waals surface area (Å²) >= 11 is 0. The van der Waals surface area contributed by atoms with Gasteiger partial charge in [0.05, 0.1) is 17.9 Å².